The maximum absolute atomic E-state index is 14.5. The van der Waals surface area contributed by atoms with Crippen LogP contribution in [-0.2, 0) is 15.7 Å². The molecular formula is C19H18BrF4NO4. The first-order valence-electron chi connectivity index (χ1n) is 8.30. The standard InChI is InChI=1S/C19H18BrF4NO4/c1-18(2,3)29-17(27)14(11-9-10(20)5-6-13(11)21)25-8-7-12(19(22,23)24)15(28-4)16(25)26/h5-9,14H,1-4H3. The molecule has 0 bridgehead atoms. The third-order valence-electron chi connectivity index (χ3n) is 3.75. The fraction of sp³-hybridized carbons (Fsp3) is 0.368. The average molecular weight is 480 g/mol. The largest absolute Gasteiger partial charge is 0.491 e. The topological polar surface area (TPSA) is 57.5 Å². The molecule has 1 unspecified atom stereocenters. The van der Waals surface area contributed by atoms with Crippen molar-refractivity contribution in [2.24, 2.45) is 0 Å². The number of benzene rings is 1. The van der Waals surface area contributed by atoms with Gasteiger partial charge in [0.15, 0.2) is 11.8 Å². The number of aromatic nitrogens is 1. The Kier molecular flexibility index (Phi) is 6.46. The van der Waals surface area contributed by atoms with E-state index in [9.17, 15) is 27.2 Å². The van der Waals surface area contributed by atoms with Crippen LogP contribution in [0.4, 0.5) is 17.6 Å². The molecule has 2 aromatic rings. The van der Waals surface area contributed by atoms with Crippen molar-refractivity contribution in [2.75, 3.05) is 7.11 Å². The van der Waals surface area contributed by atoms with E-state index < -0.39 is 46.5 Å². The van der Waals surface area contributed by atoms with Crippen molar-refractivity contribution >= 4 is 21.9 Å². The molecule has 1 atom stereocenters. The van der Waals surface area contributed by atoms with E-state index >= 15 is 0 Å². The minimum Gasteiger partial charge on any atom is -0.491 e. The van der Waals surface area contributed by atoms with Crippen LogP contribution in [0.5, 0.6) is 5.75 Å². The zero-order valence-corrected chi connectivity index (χ0v) is 17.5. The fourth-order valence-electron chi connectivity index (χ4n) is 2.63. The fourth-order valence-corrected chi connectivity index (χ4v) is 3.01. The number of ether oxygens (including phenoxy) is 2. The maximum Gasteiger partial charge on any atom is 0.420 e. The van der Waals surface area contributed by atoms with Crippen molar-refractivity contribution < 1.29 is 31.8 Å². The molecule has 158 valence electrons. The number of nitrogens with zero attached hydrogens (tertiary/aromatic N) is 1. The third kappa shape index (κ3) is 5.17. The Morgan fingerprint density at radius 2 is 1.79 bits per heavy atom. The molecule has 0 aliphatic heterocycles. The van der Waals surface area contributed by atoms with E-state index in [-0.39, 0.29) is 5.56 Å². The van der Waals surface area contributed by atoms with E-state index in [2.05, 4.69) is 20.7 Å². The van der Waals surface area contributed by atoms with E-state index in [1.54, 1.807) is 20.8 Å². The number of esters is 1. The first-order valence-corrected chi connectivity index (χ1v) is 9.09. The lowest BCUT2D eigenvalue weighted by Crippen LogP contribution is -2.36. The van der Waals surface area contributed by atoms with E-state index in [0.29, 0.717) is 15.1 Å². The second kappa shape index (κ2) is 8.17. The van der Waals surface area contributed by atoms with Crippen LogP contribution < -0.4 is 10.3 Å². The highest BCUT2D eigenvalue weighted by atomic mass is 79.9. The van der Waals surface area contributed by atoms with Crippen molar-refractivity contribution in [1.29, 1.82) is 0 Å². The molecule has 5 nitrogen and oxygen atoms in total. The monoisotopic (exact) mass is 479 g/mol. The van der Waals surface area contributed by atoms with Crippen molar-refractivity contribution in [2.45, 2.75) is 38.6 Å². The first kappa shape index (κ1) is 22.9. The van der Waals surface area contributed by atoms with Gasteiger partial charge in [0, 0.05) is 16.2 Å². The molecule has 0 saturated carbocycles. The molecule has 29 heavy (non-hydrogen) atoms. The van der Waals surface area contributed by atoms with Gasteiger partial charge in [0.25, 0.3) is 5.56 Å². The molecule has 1 aromatic carbocycles. The molecule has 0 radical (unpaired) electrons. The number of halogens is 5. The highest BCUT2D eigenvalue weighted by Gasteiger charge is 2.38. The molecule has 10 heteroatoms. The first-order chi connectivity index (χ1) is 13.3. The summed E-state index contributed by atoms with van der Waals surface area (Å²) in [5.41, 5.74) is -3.80. The van der Waals surface area contributed by atoms with E-state index in [1.807, 2.05) is 0 Å². The molecule has 0 spiro atoms. The molecule has 0 aliphatic carbocycles. The molecule has 2 rings (SSSR count). The highest BCUT2D eigenvalue weighted by molar-refractivity contribution is 9.10. The zero-order chi connectivity index (χ0) is 22.1. The number of alkyl halides is 3. The summed E-state index contributed by atoms with van der Waals surface area (Å²) in [6.45, 7) is 4.69. The summed E-state index contributed by atoms with van der Waals surface area (Å²) >= 11 is 3.15. The number of methoxy groups -OCH3 is 1. The summed E-state index contributed by atoms with van der Waals surface area (Å²) in [6.07, 6.45) is -4.09. The summed E-state index contributed by atoms with van der Waals surface area (Å²) < 4.78 is 65.1. The Morgan fingerprint density at radius 1 is 1.17 bits per heavy atom. The smallest absolute Gasteiger partial charge is 0.420 e. The van der Waals surface area contributed by atoms with Crippen LogP contribution in [-0.4, -0.2) is 23.2 Å². The quantitative estimate of drug-likeness (QED) is 0.470. The normalized spacial score (nSPS) is 13.1. The number of hydrogen-bond acceptors (Lipinski definition) is 4. The van der Waals surface area contributed by atoms with Gasteiger partial charge in [0.05, 0.1) is 7.11 Å². The zero-order valence-electron chi connectivity index (χ0n) is 15.9. The summed E-state index contributed by atoms with van der Waals surface area (Å²) in [6, 6.07) is 2.61. The Balaban J connectivity index is 2.78. The minimum atomic E-state index is -4.86. The second-order valence-electron chi connectivity index (χ2n) is 7.07. The van der Waals surface area contributed by atoms with E-state index in [1.165, 1.54) is 12.1 Å². The molecule has 1 heterocycles. The van der Waals surface area contributed by atoms with Crippen LogP contribution >= 0.6 is 15.9 Å². The Bertz CT molecular complexity index is 980. The Labute approximate surface area is 172 Å². The van der Waals surface area contributed by atoms with Crippen molar-refractivity contribution in [3.05, 3.63) is 62.2 Å². The van der Waals surface area contributed by atoms with Gasteiger partial charge in [-0.3, -0.25) is 9.36 Å². The van der Waals surface area contributed by atoms with Gasteiger partial charge in [-0.15, -0.1) is 0 Å². The molecule has 0 amide bonds. The number of hydrogen-bond donors (Lipinski definition) is 0. The van der Waals surface area contributed by atoms with Crippen LogP contribution in [0.3, 0.4) is 0 Å². The van der Waals surface area contributed by atoms with Gasteiger partial charge in [-0.1, -0.05) is 15.9 Å². The van der Waals surface area contributed by atoms with Gasteiger partial charge in [-0.2, -0.15) is 13.2 Å². The number of carbonyl (C=O) groups excluding carboxylic acids is 1. The molecule has 0 N–H and O–H groups in total. The van der Waals surface area contributed by atoms with Crippen molar-refractivity contribution in [1.82, 2.24) is 4.57 Å². The lowest BCUT2D eigenvalue weighted by molar-refractivity contribution is -0.157. The molecule has 0 fully saturated rings. The van der Waals surface area contributed by atoms with Crippen molar-refractivity contribution in [3.8, 4) is 5.75 Å². The number of carbonyl (C=O) groups is 1. The summed E-state index contributed by atoms with van der Waals surface area (Å²) in [5, 5.41) is 0. The van der Waals surface area contributed by atoms with Gasteiger partial charge in [0.1, 0.15) is 17.0 Å². The Morgan fingerprint density at radius 3 is 2.31 bits per heavy atom. The van der Waals surface area contributed by atoms with Crippen LogP contribution in [0, 0.1) is 5.82 Å². The third-order valence-corrected chi connectivity index (χ3v) is 4.24. The summed E-state index contributed by atoms with van der Waals surface area (Å²) in [5.74, 6) is -2.86. The van der Waals surface area contributed by atoms with Gasteiger partial charge in [0.2, 0.25) is 0 Å². The second-order valence-corrected chi connectivity index (χ2v) is 7.99. The highest BCUT2D eigenvalue weighted by Crippen LogP contribution is 2.35. The predicted molar refractivity (Wildman–Crippen MR) is 100 cm³/mol. The Hall–Kier alpha value is -2.36. The summed E-state index contributed by atoms with van der Waals surface area (Å²) in [4.78, 5) is 25.6. The maximum atomic E-state index is 14.5. The van der Waals surface area contributed by atoms with Gasteiger partial charge in [-0.05, 0) is 45.0 Å². The van der Waals surface area contributed by atoms with Crippen molar-refractivity contribution in [3.63, 3.8) is 0 Å². The lowest BCUT2D eigenvalue weighted by atomic mass is 10.0. The summed E-state index contributed by atoms with van der Waals surface area (Å²) in [7, 11) is 0.901. The van der Waals surface area contributed by atoms with E-state index in [0.717, 1.165) is 19.4 Å². The molecule has 1 aromatic heterocycles. The SMILES string of the molecule is COc1c(C(F)(F)F)ccn(C(C(=O)OC(C)(C)C)c2cc(Br)ccc2F)c1=O. The van der Waals surface area contributed by atoms with Crippen LogP contribution in [0.25, 0.3) is 0 Å². The number of rotatable bonds is 4. The van der Waals surface area contributed by atoms with Crippen LogP contribution in [0.2, 0.25) is 0 Å². The number of pyridine rings is 1. The van der Waals surface area contributed by atoms with Crippen LogP contribution in [0.1, 0.15) is 37.9 Å². The predicted octanol–water partition coefficient (Wildman–Crippen LogP) is 4.71. The van der Waals surface area contributed by atoms with Gasteiger partial charge >= 0.3 is 12.1 Å². The molecule has 0 aliphatic rings. The molecular weight excluding hydrogens is 462 g/mol. The van der Waals surface area contributed by atoms with Gasteiger partial charge < -0.3 is 9.47 Å². The van der Waals surface area contributed by atoms with Gasteiger partial charge in [-0.25, -0.2) is 9.18 Å². The lowest BCUT2D eigenvalue weighted by Gasteiger charge is -2.26. The van der Waals surface area contributed by atoms with Crippen LogP contribution in [0.15, 0.2) is 39.7 Å². The van der Waals surface area contributed by atoms with E-state index in [4.69, 9.17) is 4.74 Å². The molecule has 0 saturated heterocycles. The average Bonchev–Trinajstić information content (AvgIpc) is 2.56. The minimum absolute atomic E-state index is 0.252.